The molecule has 1 heteroatoms. The van der Waals surface area contributed by atoms with Gasteiger partial charge in [0.25, 0.3) is 0 Å². The zero-order valence-corrected chi connectivity index (χ0v) is 10.3. The number of rotatable bonds is 6. The molecule has 0 saturated carbocycles. The summed E-state index contributed by atoms with van der Waals surface area (Å²) < 4.78 is 0. The standard InChI is InChI=1S/C13H24O/c1-9(2)12(6)11(5)7-8-13(14)10(3)4/h10-12H,1,7-8H2,2-6H3. The van der Waals surface area contributed by atoms with Gasteiger partial charge in [-0.25, -0.2) is 0 Å². The van der Waals surface area contributed by atoms with Gasteiger partial charge in [-0.05, 0) is 25.2 Å². The third kappa shape index (κ3) is 4.59. The van der Waals surface area contributed by atoms with Crippen LogP contribution in [0.15, 0.2) is 12.2 Å². The number of ketones is 1. The highest BCUT2D eigenvalue weighted by Crippen LogP contribution is 2.23. The summed E-state index contributed by atoms with van der Waals surface area (Å²) in [6, 6.07) is 0. The van der Waals surface area contributed by atoms with Crippen LogP contribution in [0.5, 0.6) is 0 Å². The van der Waals surface area contributed by atoms with Crippen LogP contribution < -0.4 is 0 Å². The Morgan fingerprint density at radius 3 is 2.07 bits per heavy atom. The average molecular weight is 196 g/mol. The normalized spacial score (nSPS) is 15.3. The molecule has 2 unspecified atom stereocenters. The van der Waals surface area contributed by atoms with E-state index in [0.717, 1.165) is 12.8 Å². The zero-order chi connectivity index (χ0) is 11.3. The maximum atomic E-state index is 11.4. The average Bonchev–Trinajstić information content (AvgIpc) is 2.11. The Labute approximate surface area is 88.6 Å². The van der Waals surface area contributed by atoms with Gasteiger partial charge in [-0.15, -0.1) is 0 Å². The SMILES string of the molecule is C=C(C)C(C)C(C)CCC(=O)C(C)C. The first-order chi connectivity index (χ1) is 6.36. The number of carbonyl (C=O) groups excluding carboxylic acids is 1. The van der Waals surface area contributed by atoms with Gasteiger partial charge >= 0.3 is 0 Å². The molecular weight excluding hydrogens is 172 g/mol. The molecule has 14 heavy (non-hydrogen) atoms. The van der Waals surface area contributed by atoms with Gasteiger partial charge in [-0.3, -0.25) is 4.79 Å². The topological polar surface area (TPSA) is 17.1 Å². The summed E-state index contributed by atoms with van der Waals surface area (Å²) in [6.45, 7) is 14.3. The van der Waals surface area contributed by atoms with E-state index in [4.69, 9.17) is 0 Å². The fraction of sp³-hybridized carbons (Fsp3) is 0.769. The van der Waals surface area contributed by atoms with E-state index in [0.29, 0.717) is 17.6 Å². The van der Waals surface area contributed by atoms with Crippen molar-refractivity contribution < 1.29 is 4.79 Å². The molecule has 0 aromatic carbocycles. The van der Waals surface area contributed by atoms with E-state index in [1.165, 1.54) is 5.57 Å². The Balaban J connectivity index is 3.90. The van der Waals surface area contributed by atoms with Gasteiger partial charge in [0.15, 0.2) is 0 Å². The predicted molar refractivity (Wildman–Crippen MR) is 62.2 cm³/mol. The largest absolute Gasteiger partial charge is 0.299 e. The minimum Gasteiger partial charge on any atom is -0.299 e. The molecule has 2 atom stereocenters. The molecule has 0 aliphatic carbocycles. The Morgan fingerprint density at radius 2 is 1.71 bits per heavy atom. The van der Waals surface area contributed by atoms with Crippen molar-refractivity contribution in [3.63, 3.8) is 0 Å². The van der Waals surface area contributed by atoms with Crippen LogP contribution in [0.25, 0.3) is 0 Å². The van der Waals surface area contributed by atoms with E-state index >= 15 is 0 Å². The summed E-state index contributed by atoms with van der Waals surface area (Å²) >= 11 is 0. The second-order valence-corrected chi connectivity index (χ2v) is 4.77. The van der Waals surface area contributed by atoms with Gasteiger partial charge in [0.2, 0.25) is 0 Å². The lowest BCUT2D eigenvalue weighted by Crippen LogP contribution is -2.13. The van der Waals surface area contributed by atoms with E-state index in [2.05, 4.69) is 27.4 Å². The fourth-order valence-electron chi connectivity index (χ4n) is 1.39. The van der Waals surface area contributed by atoms with Crippen LogP contribution in [0.2, 0.25) is 0 Å². The van der Waals surface area contributed by atoms with Crippen molar-refractivity contribution in [3.05, 3.63) is 12.2 Å². The van der Waals surface area contributed by atoms with Crippen molar-refractivity contribution in [2.24, 2.45) is 17.8 Å². The number of hydrogen-bond donors (Lipinski definition) is 0. The minimum absolute atomic E-state index is 0.183. The van der Waals surface area contributed by atoms with E-state index in [1.807, 2.05) is 13.8 Å². The Bertz CT molecular complexity index is 203. The molecule has 0 aliphatic heterocycles. The van der Waals surface area contributed by atoms with Gasteiger partial charge in [-0.1, -0.05) is 39.8 Å². The first kappa shape index (κ1) is 13.4. The lowest BCUT2D eigenvalue weighted by Gasteiger charge is -2.19. The molecule has 0 aromatic heterocycles. The first-order valence-electron chi connectivity index (χ1n) is 5.54. The molecule has 0 bridgehead atoms. The quantitative estimate of drug-likeness (QED) is 0.590. The fourth-order valence-corrected chi connectivity index (χ4v) is 1.39. The summed E-state index contributed by atoms with van der Waals surface area (Å²) in [5.74, 6) is 1.65. The van der Waals surface area contributed by atoms with Gasteiger partial charge in [0.1, 0.15) is 5.78 Å². The van der Waals surface area contributed by atoms with Crippen molar-refractivity contribution in [1.82, 2.24) is 0 Å². The second kappa shape index (κ2) is 6.00. The van der Waals surface area contributed by atoms with Crippen LogP contribution in [0, 0.1) is 17.8 Å². The van der Waals surface area contributed by atoms with Crippen LogP contribution in [0.3, 0.4) is 0 Å². The molecule has 0 aromatic rings. The number of Topliss-reactive ketones (excluding diaryl/α,β-unsaturated/α-hetero) is 1. The van der Waals surface area contributed by atoms with Gasteiger partial charge < -0.3 is 0 Å². The molecule has 1 nitrogen and oxygen atoms in total. The van der Waals surface area contributed by atoms with E-state index < -0.39 is 0 Å². The summed E-state index contributed by atoms with van der Waals surface area (Å²) in [5.41, 5.74) is 1.22. The van der Waals surface area contributed by atoms with Crippen molar-refractivity contribution in [1.29, 1.82) is 0 Å². The monoisotopic (exact) mass is 196 g/mol. The molecule has 0 rings (SSSR count). The highest BCUT2D eigenvalue weighted by Gasteiger charge is 2.15. The highest BCUT2D eigenvalue weighted by molar-refractivity contribution is 5.80. The van der Waals surface area contributed by atoms with Crippen LogP contribution >= 0.6 is 0 Å². The van der Waals surface area contributed by atoms with Crippen molar-refractivity contribution in [2.75, 3.05) is 0 Å². The number of allylic oxidation sites excluding steroid dienone is 1. The Morgan fingerprint density at radius 1 is 1.21 bits per heavy atom. The van der Waals surface area contributed by atoms with Crippen molar-refractivity contribution in [2.45, 2.75) is 47.5 Å². The second-order valence-electron chi connectivity index (χ2n) is 4.77. The molecule has 0 saturated heterocycles. The van der Waals surface area contributed by atoms with Crippen LogP contribution in [0.4, 0.5) is 0 Å². The van der Waals surface area contributed by atoms with Crippen LogP contribution in [0.1, 0.15) is 47.5 Å². The van der Waals surface area contributed by atoms with Crippen LogP contribution in [-0.2, 0) is 4.79 Å². The Hall–Kier alpha value is -0.590. The highest BCUT2D eigenvalue weighted by atomic mass is 16.1. The molecule has 0 heterocycles. The minimum atomic E-state index is 0.183. The summed E-state index contributed by atoms with van der Waals surface area (Å²) in [4.78, 5) is 11.4. The zero-order valence-electron chi connectivity index (χ0n) is 10.3. The maximum absolute atomic E-state index is 11.4. The lowest BCUT2D eigenvalue weighted by atomic mass is 9.86. The third-order valence-electron chi connectivity index (χ3n) is 3.12. The molecule has 0 radical (unpaired) electrons. The van der Waals surface area contributed by atoms with Crippen LogP contribution in [-0.4, -0.2) is 5.78 Å². The Kier molecular flexibility index (Phi) is 5.75. The van der Waals surface area contributed by atoms with E-state index in [-0.39, 0.29) is 5.92 Å². The molecule has 0 spiro atoms. The van der Waals surface area contributed by atoms with Crippen molar-refractivity contribution in [3.8, 4) is 0 Å². The molecular formula is C13H24O. The van der Waals surface area contributed by atoms with Gasteiger partial charge in [-0.2, -0.15) is 0 Å². The van der Waals surface area contributed by atoms with Crippen molar-refractivity contribution >= 4 is 5.78 Å². The van der Waals surface area contributed by atoms with E-state index in [9.17, 15) is 4.79 Å². The number of hydrogen-bond acceptors (Lipinski definition) is 1. The lowest BCUT2D eigenvalue weighted by molar-refractivity contribution is -0.122. The summed E-state index contributed by atoms with van der Waals surface area (Å²) in [5, 5.41) is 0. The smallest absolute Gasteiger partial charge is 0.135 e. The molecule has 0 aliphatic rings. The molecule has 0 amide bonds. The third-order valence-corrected chi connectivity index (χ3v) is 3.12. The molecule has 0 fully saturated rings. The van der Waals surface area contributed by atoms with Gasteiger partial charge in [0.05, 0.1) is 0 Å². The predicted octanol–water partition coefficient (Wildman–Crippen LogP) is 3.84. The van der Waals surface area contributed by atoms with Gasteiger partial charge in [0, 0.05) is 12.3 Å². The maximum Gasteiger partial charge on any atom is 0.135 e. The summed E-state index contributed by atoms with van der Waals surface area (Å²) in [6.07, 6.45) is 1.71. The number of carbonyl (C=O) groups is 1. The summed E-state index contributed by atoms with van der Waals surface area (Å²) in [7, 11) is 0. The molecule has 82 valence electrons. The first-order valence-corrected chi connectivity index (χ1v) is 5.54. The van der Waals surface area contributed by atoms with E-state index in [1.54, 1.807) is 0 Å². The molecule has 0 N–H and O–H groups in total.